The largest absolute Gasteiger partial charge is 0.481 e. The average molecular weight is 184 g/mol. The molecular formula is C10H16O3. The third-order valence-corrected chi connectivity index (χ3v) is 3.94. The zero-order valence-corrected chi connectivity index (χ0v) is 8.33. The molecular weight excluding hydrogens is 168 g/mol. The predicted octanol–water partition coefficient (Wildman–Crippen LogP) is 1.71. The number of rotatable bonds is 2. The monoisotopic (exact) mass is 184 g/mol. The van der Waals surface area contributed by atoms with Crippen LogP contribution in [0.25, 0.3) is 0 Å². The van der Waals surface area contributed by atoms with Gasteiger partial charge >= 0.3 is 5.97 Å². The molecule has 0 aromatic heterocycles. The molecule has 1 N–H and O–H groups in total. The topological polar surface area (TPSA) is 54.4 Å². The first-order valence-electron chi connectivity index (χ1n) is 4.55. The minimum Gasteiger partial charge on any atom is -0.481 e. The summed E-state index contributed by atoms with van der Waals surface area (Å²) in [5.41, 5.74) is -1.18. The number of carboxylic acid groups (broad SMARTS) is 1. The van der Waals surface area contributed by atoms with Crippen molar-refractivity contribution in [2.75, 3.05) is 0 Å². The van der Waals surface area contributed by atoms with Crippen LogP contribution in [-0.4, -0.2) is 17.4 Å². The first-order valence-corrected chi connectivity index (χ1v) is 4.55. The molecule has 0 spiro atoms. The summed E-state index contributed by atoms with van der Waals surface area (Å²) in [6, 6.07) is 0. The molecule has 0 aromatic carbocycles. The molecule has 3 heteroatoms. The van der Waals surface area contributed by atoms with Gasteiger partial charge in [0.2, 0.25) is 0 Å². The van der Waals surface area contributed by atoms with Crippen LogP contribution in [0.5, 0.6) is 0 Å². The van der Waals surface area contributed by atoms with Crippen molar-refractivity contribution in [1.29, 1.82) is 0 Å². The summed E-state index contributed by atoms with van der Waals surface area (Å²) in [4.78, 5) is 21.8. The molecule has 1 unspecified atom stereocenters. The van der Waals surface area contributed by atoms with Gasteiger partial charge in [0, 0.05) is 5.92 Å². The maximum atomic E-state index is 11.1. The molecule has 1 saturated carbocycles. The summed E-state index contributed by atoms with van der Waals surface area (Å²) in [6.45, 7) is 5.47. The summed E-state index contributed by atoms with van der Waals surface area (Å²) >= 11 is 0. The minimum absolute atomic E-state index is 0.117. The Balaban J connectivity index is 3.05. The van der Waals surface area contributed by atoms with Gasteiger partial charge in [0.05, 0.1) is 5.41 Å². The van der Waals surface area contributed by atoms with Crippen LogP contribution in [0.15, 0.2) is 0 Å². The SMILES string of the molecule is CC1(C)C(C=O)CC[C@@]1(C)C(=O)O. The maximum absolute atomic E-state index is 11.1. The zero-order chi connectivity index (χ0) is 10.3. The van der Waals surface area contributed by atoms with Crippen molar-refractivity contribution in [3.63, 3.8) is 0 Å². The van der Waals surface area contributed by atoms with Crippen LogP contribution in [0.1, 0.15) is 33.6 Å². The second-order valence-corrected chi connectivity index (χ2v) is 4.64. The van der Waals surface area contributed by atoms with E-state index in [1.165, 1.54) is 0 Å². The molecule has 0 radical (unpaired) electrons. The van der Waals surface area contributed by atoms with Crippen LogP contribution in [-0.2, 0) is 9.59 Å². The Morgan fingerprint density at radius 3 is 2.23 bits per heavy atom. The van der Waals surface area contributed by atoms with Crippen molar-refractivity contribution in [3.05, 3.63) is 0 Å². The van der Waals surface area contributed by atoms with Crippen molar-refractivity contribution < 1.29 is 14.7 Å². The molecule has 13 heavy (non-hydrogen) atoms. The Hall–Kier alpha value is -0.860. The molecule has 2 atom stereocenters. The smallest absolute Gasteiger partial charge is 0.309 e. The lowest BCUT2D eigenvalue weighted by Crippen LogP contribution is -2.40. The number of hydrogen-bond donors (Lipinski definition) is 1. The lowest BCUT2D eigenvalue weighted by atomic mass is 9.66. The van der Waals surface area contributed by atoms with E-state index >= 15 is 0 Å². The standard InChI is InChI=1S/C10H16O3/c1-9(2)7(6-11)4-5-10(9,3)8(12)13/h6-7H,4-5H2,1-3H3,(H,12,13)/t7?,10-/m0/s1. The van der Waals surface area contributed by atoms with Gasteiger partial charge in [-0.3, -0.25) is 4.79 Å². The van der Waals surface area contributed by atoms with Crippen molar-refractivity contribution >= 4 is 12.3 Å². The molecule has 1 fully saturated rings. The summed E-state index contributed by atoms with van der Waals surface area (Å²) in [6.07, 6.45) is 2.19. The second kappa shape index (κ2) is 2.82. The van der Waals surface area contributed by atoms with Crippen LogP contribution in [0.4, 0.5) is 0 Å². The third-order valence-electron chi connectivity index (χ3n) is 3.94. The molecule has 0 bridgehead atoms. The van der Waals surface area contributed by atoms with Crippen LogP contribution < -0.4 is 0 Å². The first kappa shape index (κ1) is 10.2. The summed E-state index contributed by atoms with van der Waals surface area (Å²) < 4.78 is 0. The van der Waals surface area contributed by atoms with Crippen molar-refractivity contribution in [2.45, 2.75) is 33.6 Å². The van der Waals surface area contributed by atoms with Crippen LogP contribution >= 0.6 is 0 Å². The minimum atomic E-state index is -0.790. The van der Waals surface area contributed by atoms with E-state index in [0.29, 0.717) is 12.8 Å². The summed E-state index contributed by atoms with van der Waals surface area (Å²) in [5.74, 6) is -0.907. The molecule has 1 rings (SSSR count). The Labute approximate surface area is 78.1 Å². The number of aldehydes is 1. The molecule has 0 heterocycles. The van der Waals surface area contributed by atoms with Crippen LogP contribution in [0.2, 0.25) is 0 Å². The molecule has 1 aliphatic carbocycles. The number of hydrogen-bond acceptors (Lipinski definition) is 2. The van der Waals surface area contributed by atoms with Crippen LogP contribution in [0.3, 0.4) is 0 Å². The van der Waals surface area contributed by atoms with E-state index in [4.69, 9.17) is 5.11 Å². The first-order chi connectivity index (χ1) is 5.86. The third kappa shape index (κ3) is 1.18. The number of carbonyl (C=O) groups is 2. The van der Waals surface area contributed by atoms with Gasteiger partial charge in [-0.2, -0.15) is 0 Å². The fourth-order valence-corrected chi connectivity index (χ4v) is 2.16. The van der Waals surface area contributed by atoms with E-state index in [2.05, 4.69) is 0 Å². The average Bonchev–Trinajstić information content (AvgIpc) is 2.25. The van der Waals surface area contributed by atoms with E-state index in [1.807, 2.05) is 13.8 Å². The fraction of sp³-hybridized carbons (Fsp3) is 0.800. The lowest BCUT2D eigenvalue weighted by molar-refractivity contribution is -0.154. The number of carbonyl (C=O) groups excluding carboxylic acids is 1. The van der Waals surface area contributed by atoms with Gasteiger partial charge in [-0.15, -0.1) is 0 Å². The zero-order valence-electron chi connectivity index (χ0n) is 8.33. The highest BCUT2D eigenvalue weighted by Crippen LogP contribution is 2.55. The molecule has 0 amide bonds. The van der Waals surface area contributed by atoms with Crippen molar-refractivity contribution in [1.82, 2.24) is 0 Å². The van der Waals surface area contributed by atoms with E-state index < -0.39 is 16.8 Å². The highest BCUT2D eigenvalue weighted by Gasteiger charge is 2.55. The van der Waals surface area contributed by atoms with Gasteiger partial charge in [0.15, 0.2) is 0 Å². The van der Waals surface area contributed by atoms with E-state index in [0.717, 1.165) is 6.29 Å². The molecule has 74 valence electrons. The highest BCUT2D eigenvalue weighted by atomic mass is 16.4. The van der Waals surface area contributed by atoms with Gasteiger partial charge in [0.1, 0.15) is 6.29 Å². The maximum Gasteiger partial charge on any atom is 0.309 e. The number of carboxylic acids is 1. The van der Waals surface area contributed by atoms with E-state index in [9.17, 15) is 9.59 Å². The van der Waals surface area contributed by atoms with E-state index in [1.54, 1.807) is 6.92 Å². The summed E-state index contributed by atoms with van der Waals surface area (Å²) in [7, 11) is 0. The van der Waals surface area contributed by atoms with Crippen LogP contribution in [0, 0.1) is 16.7 Å². The second-order valence-electron chi connectivity index (χ2n) is 4.64. The Bertz CT molecular complexity index is 245. The lowest BCUT2D eigenvalue weighted by Gasteiger charge is -2.36. The normalized spacial score (nSPS) is 37.3. The quantitative estimate of drug-likeness (QED) is 0.665. The molecule has 1 aliphatic rings. The Kier molecular flexibility index (Phi) is 2.22. The summed E-state index contributed by atoms with van der Waals surface area (Å²) in [5, 5.41) is 9.11. The van der Waals surface area contributed by atoms with Gasteiger partial charge < -0.3 is 9.90 Å². The molecule has 3 nitrogen and oxygen atoms in total. The molecule has 0 saturated heterocycles. The molecule has 0 aromatic rings. The Morgan fingerprint density at radius 2 is 2.00 bits per heavy atom. The van der Waals surface area contributed by atoms with Gasteiger partial charge in [0.25, 0.3) is 0 Å². The van der Waals surface area contributed by atoms with Gasteiger partial charge in [-0.05, 0) is 25.2 Å². The van der Waals surface area contributed by atoms with Gasteiger partial charge in [-0.1, -0.05) is 13.8 Å². The number of aliphatic carboxylic acids is 1. The fourth-order valence-electron chi connectivity index (χ4n) is 2.16. The Morgan fingerprint density at radius 1 is 1.46 bits per heavy atom. The van der Waals surface area contributed by atoms with E-state index in [-0.39, 0.29) is 5.92 Å². The molecule has 0 aliphatic heterocycles. The van der Waals surface area contributed by atoms with Gasteiger partial charge in [-0.25, -0.2) is 0 Å². The predicted molar refractivity (Wildman–Crippen MR) is 48.3 cm³/mol. The van der Waals surface area contributed by atoms with Crippen molar-refractivity contribution in [3.8, 4) is 0 Å². The van der Waals surface area contributed by atoms with Crippen molar-refractivity contribution in [2.24, 2.45) is 16.7 Å². The highest BCUT2D eigenvalue weighted by molar-refractivity contribution is 5.77.